The van der Waals surface area contributed by atoms with Crippen molar-refractivity contribution in [1.82, 2.24) is 9.97 Å². The summed E-state index contributed by atoms with van der Waals surface area (Å²) in [6, 6.07) is 48.0. The van der Waals surface area contributed by atoms with E-state index in [1.165, 1.54) is 17.3 Å². The summed E-state index contributed by atoms with van der Waals surface area (Å²) in [5, 5.41) is 0. The Kier molecular flexibility index (Phi) is 8.77. The summed E-state index contributed by atoms with van der Waals surface area (Å²) < 4.78 is 23.2. The van der Waals surface area contributed by atoms with Gasteiger partial charge in [0.25, 0.3) is 0 Å². The van der Waals surface area contributed by atoms with E-state index < -0.39 is 6.85 Å². The molecule has 3 heteroatoms. The second-order valence-corrected chi connectivity index (χ2v) is 9.95. The zero-order valence-electron chi connectivity index (χ0n) is 26.0. The minimum atomic E-state index is -2.20. The first-order valence-electron chi connectivity index (χ1n) is 14.8. The van der Waals surface area contributed by atoms with Crippen LogP contribution < -0.4 is 0 Å². The molecule has 0 aliphatic heterocycles. The minimum Gasteiger partial charge on any atom is -0.305 e. The van der Waals surface area contributed by atoms with Crippen molar-refractivity contribution in [2.75, 3.05) is 0 Å². The zero-order chi connectivity index (χ0) is 30.3. The van der Waals surface area contributed by atoms with E-state index in [9.17, 15) is 0 Å². The molecule has 2 aromatic heterocycles. The number of aromatic nitrogens is 2. The summed E-state index contributed by atoms with van der Waals surface area (Å²) in [6.45, 7) is 2.30. The van der Waals surface area contributed by atoms with Gasteiger partial charge in [0.1, 0.15) is 0 Å². The van der Waals surface area contributed by atoms with E-state index >= 15 is 0 Å². The van der Waals surface area contributed by atoms with Gasteiger partial charge < -0.3 is 9.97 Å². The second kappa shape index (κ2) is 13.9. The van der Waals surface area contributed by atoms with Crippen LogP contribution in [0.3, 0.4) is 0 Å². The number of hydrogen-bond acceptors (Lipinski definition) is 2. The SMILES string of the molecule is CC(C)(c1ccccc1)c1ccnc(-c2[c-]cccc2)c1.[2H]C([2H])([2H])c1cnc(-c2[c-]cccc2)cc1-c1ccccc1.[Ir]. The molecule has 2 heterocycles. The maximum Gasteiger partial charge on any atom is 0.0280 e. The molecule has 6 aromatic rings. The molecular formula is C38H32IrN2-2. The molecule has 1 radical (unpaired) electrons. The van der Waals surface area contributed by atoms with E-state index in [0.29, 0.717) is 11.3 Å². The Labute approximate surface area is 261 Å². The number of pyridine rings is 2. The van der Waals surface area contributed by atoms with E-state index in [-0.39, 0.29) is 31.1 Å². The fraction of sp³-hybridized carbons (Fsp3) is 0.105. The van der Waals surface area contributed by atoms with Crippen molar-refractivity contribution in [2.24, 2.45) is 0 Å². The van der Waals surface area contributed by atoms with Crippen LogP contribution >= 0.6 is 0 Å². The zero-order valence-corrected chi connectivity index (χ0v) is 25.4. The van der Waals surface area contributed by atoms with Crippen LogP contribution in [0.2, 0.25) is 0 Å². The normalized spacial score (nSPS) is 12.0. The van der Waals surface area contributed by atoms with E-state index in [2.05, 4.69) is 78.4 Å². The monoisotopic (exact) mass is 712 g/mol. The van der Waals surface area contributed by atoms with Crippen LogP contribution in [-0.4, -0.2) is 9.97 Å². The number of hydrogen-bond donors (Lipinski definition) is 0. The first kappa shape index (κ1) is 25.8. The average Bonchev–Trinajstić information content (AvgIpc) is 3.06. The Balaban J connectivity index is 0.000000197. The summed E-state index contributed by atoms with van der Waals surface area (Å²) in [5.41, 5.74) is 7.89. The molecule has 2 nitrogen and oxygen atoms in total. The number of rotatable bonds is 5. The fourth-order valence-electron chi connectivity index (χ4n) is 4.55. The van der Waals surface area contributed by atoms with Crippen molar-refractivity contribution in [1.29, 1.82) is 0 Å². The molecule has 0 aliphatic carbocycles. The van der Waals surface area contributed by atoms with Crippen molar-refractivity contribution in [3.8, 4) is 33.6 Å². The molecule has 205 valence electrons. The average molecular weight is 712 g/mol. The van der Waals surface area contributed by atoms with Gasteiger partial charge in [0, 0.05) is 42.0 Å². The van der Waals surface area contributed by atoms with Gasteiger partial charge in [-0.3, -0.25) is 0 Å². The van der Waals surface area contributed by atoms with Gasteiger partial charge in [0.2, 0.25) is 0 Å². The summed E-state index contributed by atoms with van der Waals surface area (Å²) in [5.74, 6) is 0. The van der Waals surface area contributed by atoms with E-state index in [4.69, 9.17) is 4.11 Å². The molecule has 0 aliphatic rings. The number of benzene rings is 4. The summed E-state index contributed by atoms with van der Waals surface area (Å²) in [7, 11) is 0. The summed E-state index contributed by atoms with van der Waals surface area (Å²) >= 11 is 0. The minimum absolute atomic E-state index is 0. The van der Waals surface area contributed by atoms with Crippen LogP contribution in [0.4, 0.5) is 0 Å². The third kappa shape index (κ3) is 7.32. The summed E-state index contributed by atoms with van der Waals surface area (Å²) in [6.07, 6.45) is 3.34. The molecular weight excluding hydrogens is 677 g/mol. The molecule has 0 spiro atoms. The Morgan fingerprint density at radius 3 is 1.80 bits per heavy atom. The Morgan fingerprint density at radius 1 is 0.634 bits per heavy atom. The maximum absolute atomic E-state index is 7.72. The molecule has 4 aromatic carbocycles. The molecule has 41 heavy (non-hydrogen) atoms. The first-order chi connectivity index (χ1) is 20.7. The predicted molar refractivity (Wildman–Crippen MR) is 166 cm³/mol. The maximum atomic E-state index is 7.72. The Hall–Kier alpha value is -4.17. The van der Waals surface area contributed by atoms with Gasteiger partial charge in [0.15, 0.2) is 0 Å². The van der Waals surface area contributed by atoms with Crippen LogP contribution in [0.15, 0.2) is 140 Å². The van der Waals surface area contributed by atoms with Gasteiger partial charge in [-0.2, -0.15) is 0 Å². The quantitative estimate of drug-likeness (QED) is 0.167. The van der Waals surface area contributed by atoms with Gasteiger partial charge in [-0.15, -0.1) is 71.8 Å². The standard InChI is InChI=1S/C20H18N.C18H14N.Ir/c1-20(2,17-11-7-4-8-12-17)18-13-14-21-19(15-18)16-9-5-3-6-10-16;1-14-13-19-18(16-10-6-3-7-11-16)12-17(14)15-8-4-2-5-9-15;/h3-9,11-15H,1-2H3;2-10,12-13H,1H3;/q2*-1;/i;1D3;. The van der Waals surface area contributed by atoms with Crippen LogP contribution in [-0.2, 0) is 25.5 Å². The van der Waals surface area contributed by atoms with Gasteiger partial charge in [-0.1, -0.05) is 86.6 Å². The molecule has 0 saturated heterocycles. The van der Waals surface area contributed by atoms with Crippen LogP contribution in [0, 0.1) is 19.0 Å². The molecule has 0 amide bonds. The van der Waals surface area contributed by atoms with Gasteiger partial charge in [0.05, 0.1) is 0 Å². The van der Waals surface area contributed by atoms with Crippen molar-refractivity contribution in [3.63, 3.8) is 0 Å². The van der Waals surface area contributed by atoms with Gasteiger partial charge in [-0.05, 0) is 52.1 Å². The van der Waals surface area contributed by atoms with E-state index in [1.807, 2.05) is 91.1 Å². The third-order valence-electron chi connectivity index (χ3n) is 6.94. The molecule has 0 atom stereocenters. The number of aryl methyl sites for hydroxylation is 1. The largest absolute Gasteiger partial charge is 0.305 e. The van der Waals surface area contributed by atoms with Crippen molar-refractivity contribution in [3.05, 3.63) is 169 Å². The van der Waals surface area contributed by atoms with Crippen LogP contribution in [0.1, 0.15) is 34.7 Å². The van der Waals surface area contributed by atoms with Gasteiger partial charge in [-0.25, -0.2) is 0 Å². The molecule has 0 saturated carbocycles. The van der Waals surface area contributed by atoms with Gasteiger partial charge >= 0.3 is 0 Å². The van der Waals surface area contributed by atoms with Crippen LogP contribution in [0.25, 0.3) is 33.6 Å². The first-order valence-corrected chi connectivity index (χ1v) is 13.3. The molecule has 0 fully saturated rings. The summed E-state index contributed by atoms with van der Waals surface area (Å²) in [4.78, 5) is 8.80. The topological polar surface area (TPSA) is 25.8 Å². The van der Waals surface area contributed by atoms with E-state index in [0.717, 1.165) is 22.4 Å². The van der Waals surface area contributed by atoms with Crippen molar-refractivity contribution in [2.45, 2.75) is 26.1 Å². The van der Waals surface area contributed by atoms with Crippen molar-refractivity contribution < 1.29 is 24.2 Å². The van der Waals surface area contributed by atoms with E-state index in [1.54, 1.807) is 0 Å². The molecule has 0 bridgehead atoms. The Morgan fingerprint density at radius 2 is 1.22 bits per heavy atom. The third-order valence-corrected chi connectivity index (χ3v) is 6.94. The predicted octanol–water partition coefficient (Wildman–Crippen LogP) is 9.40. The molecule has 0 N–H and O–H groups in total. The molecule has 0 unspecified atom stereocenters. The van der Waals surface area contributed by atoms with Crippen LogP contribution in [0.5, 0.6) is 0 Å². The fourth-order valence-corrected chi connectivity index (χ4v) is 4.55. The van der Waals surface area contributed by atoms with Crippen molar-refractivity contribution >= 4 is 0 Å². The number of nitrogens with zero attached hydrogens (tertiary/aromatic N) is 2. The molecule has 6 rings (SSSR count). The Bertz CT molecular complexity index is 1760. The smallest absolute Gasteiger partial charge is 0.0280 e. The second-order valence-electron chi connectivity index (χ2n) is 9.95.